The molecular formula is C63H62BN2O. The monoisotopic (exact) mass is 873 g/mol. The molecule has 0 amide bonds. The average Bonchev–Trinajstić information content (AvgIpc) is 3.67. The number of rotatable bonds is 6. The number of aryl methyl sites for hydroxylation is 3. The molecule has 0 saturated heterocycles. The normalized spacial score (nSPS) is 12.9. The lowest BCUT2D eigenvalue weighted by atomic mass is 9.56. The van der Waals surface area contributed by atoms with Gasteiger partial charge in [-0.2, -0.15) is 0 Å². The van der Waals surface area contributed by atoms with Gasteiger partial charge in [0.15, 0.2) is 7.28 Å². The minimum absolute atomic E-state index is 0.0508. The number of fused-ring (bicyclic) bond motifs is 6. The van der Waals surface area contributed by atoms with E-state index in [1.54, 1.807) is 0 Å². The highest BCUT2D eigenvalue weighted by atomic mass is 16.3. The van der Waals surface area contributed by atoms with Gasteiger partial charge in [0.1, 0.15) is 11.2 Å². The van der Waals surface area contributed by atoms with Crippen molar-refractivity contribution in [2.45, 2.75) is 99.3 Å². The quantitative estimate of drug-likeness (QED) is 0.169. The van der Waals surface area contributed by atoms with Crippen LogP contribution in [0.15, 0.2) is 156 Å². The van der Waals surface area contributed by atoms with Crippen LogP contribution in [0.4, 0.5) is 28.4 Å². The van der Waals surface area contributed by atoms with Crippen LogP contribution in [0.2, 0.25) is 0 Å². The third kappa shape index (κ3) is 8.05. The van der Waals surface area contributed by atoms with Gasteiger partial charge in [-0.25, -0.2) is 0 Å². The maximum absolute atomic E-state index is 6.64. The van der Waals surface area contributed by atoms with Gasteiger partial charge in [-0.15, -0.1) is 0 Å². The molecule has 1 N–H and O–H groups in total. The molecule has 9 aromatic rings. The van der Waals surface area contributed by atoms with Gasteiger partial charge in [-0.05, 0) is 165 Å². The first-order valence-corrected chi connectivity index (χ1v) is 23.9. The summed E-state index contributed by atoms with van der Waals surface area (Å²) in [6, 6.07) is 56.6. The Morgan fingerprint density at radius 2 is 1.06 bits per heavy atom. The summed E-state index contributed by atoms with van der Waals surface area (Å²) in [4.78, 5) is 2.55. The smallest absolute Gasteiger partial charge is 0.198 e. The number of hydrogen-bond acceptors (Lipinski definition) is 3. The second-order valence-corrected chi connectivity index (χ2v) is 22.0. The Morgan fingerprint density at radius 1 is 0.463 bits per heavy atom. The van der Waals surface area contributed by atoms with Gasteiger partial charge in [-0.1, -0.05) is 153 Å². The van der Waals surface area contributed by atoms with Gasteiger partial charge in [0.05, 0.1) is 5.69 Å². The van der Waals surface area contributed by atoms with Gasteiger partial charge in [-0.3, -0.25) is 0 Å². The van der Waals surface area contributed by atoms with E-state index in [9.17, 15) is 0 Å². The molecule has 0 unspecified atom stereocenters. The van der Waals surface area contributed by atoms with Crippen LogP contribution < -0.4 is 21.1 Å². The second kappa shape index (κ2) is 16.2. The fourth-order valence-corrected chi connectivity index (χ4v) is 10.3. The Hall–Kier alpha value is -6.78. The van der Waals surface area contributed by atoms with Gasteiger partial charge < -0.3 is 14.6 Å². The minimum atomic E-state index is -0.0902. The second-order valence-electron chi connectivity index (χ2n) is 22.0. The average molecular weight is 874 g/mol. The summed E-state index contributed by atoms with van der Waals surface area (Å²) in [5, 5.41) is 6.18. The summed E-state index contributed by atoms with van der Waals surface area (Å²) < 4.78 is 6.64. The van der Waals surface area contributed by atoms with Crippen LogP contribution in [0.3, 0.4) is 0 Å². The van der Waals surface area contributed by atoms with E-state index in [2.05, 4.69) is 252 Å². The number of para-hydroxylation sites is 1. The van der Waals surface area contributed by atoms with Gasteiger partial charge in [0.25, 0.3) is 0 Å². The van der Waals surface area contributed by atoms with Crippen molar-refractivity contribution in [1.82, 2.24) is 0 Å². The summed E-state index contributed by atoms with van der Waals surface area (Å²) in [6.45, 7) is 27.4. The molecule has 4 heteroatoms. The van der Waals surface area contributed by atoms with E-state index in [0.717, 1.165) is 66.9 Å². The topological polar surface area (TPSA) is 28.4 Å². The number of nitrogens with zero attached hydrogens (tertiary/aromatic N) is 1. The lowest BCUT2D eigenvalue weighted by Crippen LogP contribution is -2.41. The van der Waals surface area contributed by atoms with Crippen LogP contribution in [0.1, 0.15) is 95.7 Å². The standard InChI is InChI=1S/C63H62BN2O/c1-38-32-39(2)57(40(3)33-38)42-34-50(49-37-44(62(7,8)9)24-28-51(49)65-46-26-22-43(23-27-46)61(4,5)6)59-54(35-42)66(52-29-25-45(63(10,11)12)36-48(52)41-18-14-13-15-19-41)53-30-31-56-58(60(53)64-59)47-20-16-17-21-55(47)67-56/h13-37,65H,1-12H3. The maximum Gasteiger partial charge on any atom is 0.198 e. The maximum atomic E-state index is 6.64. The van der Waals surface area contributed by atoms with Crippen molar-refractivity contribution in [3.63, 3.8) is 0 Å². The van der Waals surface area contributed by atoms with Crippen molar-refractivity contribution >= 4 is 68.6 Å². The molecule has 0 fully saturated rings. The van der Waals surface area contributed by atoms with Crippen molar-refractivity contribution in [1.29, 1.82) is 0 Å². The van der Waals surface area contributed by atoms with Crippen LogP contribution in [-0.4, -0.2) is 7.28 Å². The molecule has 0 spiro atoms. The van der Waals surface area contributed by atoms with E-state index in [1.807, 2.05) is 0 Å². The largest absolute Gasteiger partial charge is 0.456 e. The van der Waals surface area contributed by atoms with Gasteiger partial charge in [0, 0.05) is 44.6 Å². The predicted octanol–water partition coefficient (Wildman–Crippen LogP) is 16.6. The zero-order chi connectivity index (χ0) is 47.2. The molecule has 67 heavy (non-hydrogen) atoms. The highest BCUT2D eigenvalue weighted by Gasteiger charge is 2.34. The van der Waals surface area contributed by atoms with Crippen LogP contribution in [0.25, 0.3) is 55.3 Å². The van der Waals surface area contributed by atoms with E-state index >= 15 is 0 Å². The first kappa shape index (κ1) is 44.1. The SMILES string of the molecule is Cc1cc(C)c(-c2cc(-c3cc(C(C)(C)C)ccc3Nc3ccc(C(C)(C)C)cc3)c3c(c2)N(c2ccc(C(C)(C)C)cc2-c2ccccc2)c2ccc4oc5ccccc5c4c2[B]3)c(C)c1. The first-order valence-electron chi connectivity index (χ1n) is 23.9. The van der Waals surface area contributed by atoms with Crippen LogP contribution in [0, 0.1) is 20.8 Å². The number of hydrogen-bond donors (Lipinski definition) is 1. The fourth-order valence-electron chi connectivity index (χ4n) is 10.3. The number of furan rings is 1. The van der Waals surface area contributed by atoms with Gasteiger partial charge >= 0.3 is 0 Å². The van der Waals surface area contributed by atoms with E-state index in [-0.39, 0.29) is 16.2 Å². The highest BCUT2D eigenvalue weighted by Crippen LogP contribution is 2.48. The van der Waals surface area contributed by atoms with E-state index in [1.165, 1.54) is 61.2 Å². The van der Waals surface area contributed by atoms with Crippen LogP contribution in [-0.2, 0) is 16.2 Å². The highest BCUT2D eigenvalue weighted by molar-refractivity contribution is 6.76. The Labute approximate surface area is 399 Å². The van der Waals surface area contributed by atoms with E-state index in [4.69, 9.17) is 4.42 Å². The van der Waals surface area contributed by atoms with E-state index in [0.29, 0.717) is 0 Å². The predicted molar refractivity (Wildman–Crippen MR) is 290 cm³/mol. The summed E-state index contributed by atoms with van der Waals surface area (Å²) in [7, 11) is 2.46. The fraction of sp³-hybridized carbons (Fsp3) is 0.238. The van der Waals surface area contributed by atoms with Crippen LogP contribution >= 0.6 is 0 Å². The van der Waals surface area contributed by atoms with E-state index < -0.39 is 0 Å². The molecular weight excluding hydrogens is 812 g/mol. The molecule has 0 atom stereocenters. The lowest BCUT2D eigenvalue weighted by Gasteiger charge is -2.37. The number of nitrogens with one attached hydrogen (secondary N) is 1. The zero-order valence-electron chi connectivity index (χ0n) is 41.4. The Bertz CT molecular complexity index is 3350. The van der Waals surface area contributed by atoms with Crippen molar-refractivity contribution in [3.05, 3.63) is 185 Å². The number of benzene rings is 8. The third-order valence-electron chi connectivity index (χ3n) is 13.8. The number of anilines is 5. The van der Waals surface area contributed by atoms with Gasteiger partial charge in [0.2, 0.25) is 0 Å². The molecule has 1 radical (unpaired) electrons. The Kier molecular flexibility index (Phi) is 10.7. The summed E-state index contributed by atoms with van der Waals surface area (Å²) >= 11 is 0. The molecule has 10 rings (SSSR count). The van der Waals surface area contributed by atoms with Crippen molar-refractivity contribution in [2.24, 2.45) is 0 Å². The molecule has 2 heterocycles. The molecule has 333 valence electrons. The minimum Gasteiger partial charge on any atom is -0.456 e. The molecule has 0 bridgehead atoms. The molecule has 1 aliphatic rings. The molecule has 3 nitrogen and oxygen atoms in total. The molecule has 0 aliphatic carbocycles. The Balaban J connectivity index is 1.33. The first-order chi connectivity index (χ1) is 31.8. The summed E-state index contributed by atoms with van der Waals surface area (Å²) in [6.07, 6.45) is 0. The van der Waals surface area contributed by atoms with Crippen molar-refractivity contribution in [2.75, 3.05) is 10.2 Å². The molecule has 0 saturated carbocycles. The molecule has 1 aliphatic heterocycles. The third-order valence-corrected chi connectivity index (χ3v) is 13.8. The van der Waals surface area contributed by atoms with Crippen molar-refractivity contribution in [3.8, 4) is 33.4 Å². The van der Waals surface area contributed by atoms with Crippen LogP contribution in [0.5, 0.6) is 0 Å². The van der Waals surface area contributed by atoms with Crippen molar-refractivity contribution < 1.29 is 4.42 Å². The summed E-state index contributed by atoms with van der Waals surface area (Å²) in [5.74, 6) is 0. The molecule has 1 aromatic heterocycles. The Morgan fingerprint density at radius 3 is 1.73 bits per heavy atom. The zero-order valence-corrected chi connectivity index (χ0v) is 41.4. The summed E-state index contributed by atoms with van der Waals surface area (Å²) in [5.41, 5.74) is 24.3. The molecule has 8 aromatic carbocycles. The lowest BCUT2D eigenvalue weighted by molar-refractivity contribution is 0.590.